The van der Waals surface area contributed by atoms with E-state index in [9.17, 15) is 26.3 Å². The minimum Gasteiger partial charge on any atom is -0.475 e. The zero-order chi connectivity index (χ0) is 23.0. The van der Waals surface area contributed by atoms with E-state index in [0.717, 1.165) is 13.1 Å². The van der Waals surface area contributed by atoms with E-state index in [1.165, 1.54) is 0 Å². The number of rotatable bonds is 1. The number of guanidine groups is 1. The summed E-state index contributed by atoms with van der Waals surface area (Å²) in [6.45, 7) is 1.70. The highest BCUT2D eigenvalue weighted by atomic mass is 35.5. The van der Waals surface area contributed by atoms with Crippen molar-refractivity contribution in [2.24, 2.45) is 4.99 Å². The molecule has 0 aromatic heterocycles. The van der Waals surface area contributed by atoms with Gasteiger partial charge in [-0.2, -0.15) is 26.3 Å². The molecule has 164 valence electrons. The molecule has 1 heterocycles. The van der Waals surface area contributed by atoms with Crippen molar-refractivity contribution in [3.63, 3.8) is 0 Å². The monoisotopic (exact) mass is 472 g/mol. The lowest BCUT2D eigenvalue weighted by atomic mass is 10.3. The molecule has 0 amide bonds. The molecule has 1 aliphatic heterocycles. The molecule has 0 aliphatic carbocycles. The van der Waals surface area contributed by atoms with Gasteiger partial charge in [-0.25, -0.2) is 14.6 Å². The summed E-state index contributed by atoms with van der Waals surface area (Å²) in [6, 6.07) is 3.25. The summed E-state index contributed by atoms with van der Waals surface area (Å²) in [7, 11) is 0. The van der Waals surface area contributed by atoms with Crippen LogP contribution in [0.4, 0.5) is 37.7 Å². The lowest BCUT2D eigenvalue weighted by Crippen LogP contribution is -2.23. The Hall–Kier alpha value is -2.61. The lowest BCUT2D eigenvalue weighted by molar-refractivity contribution is -0.193. The van der Waals surface area contributed by atoms with E-state index >= 15 is 0 Å². The molecule has 1 aromatic carbocycles. The first-order valence-corrected chi connectivity index (χ1v) is 7.72. The van der Waals surface area contributed by atoms with Crippen LogP contribution in [0.2, 0.25) is 10.0 Å². The molecule has 16 heteroatoms. The Morgan fingerprint density at radius 3 is 1.52 bits per heavy atom. The predicted octanol–water partition coefficient (Wildman–Crippen LogP) is 3.02. The van der Waals surface area contributed by atoms with Gasteiger partial charge in [-0.1, -0.05) is 23.2 Å². The Kier molecular flexibility index (Phi) is 9.83. The highest BCUT2D eigenvalue weighted by Gasteiger charge is 2.38. The van der Waals surface area contributed by atoms with Gasteiger partial charge in [0.05, 0.1) is 10.0 Å². The van der Waals surface area contributed by atoms with Crippen LogP contribution >= 0.6 is 23.2 Å². The highest BCUT2D eigenvalue weighted by molar-refractivity contribution is 6.39. The highest BCUT2D eigenvalue weighted by Crippen LogP contribution is 2.35. The number of carbonyl (C=O) groups is 2. The number of halogens is 8. The average molecular weight is 473 g/mol. The predicted molar refractivity (Wildman–Crippen MR) is 91.4 cm³/mol. The van der Waals surface area contributed by atoms with Crippen molar-refractivity contribution in [3.8, 4) is 0 Å². The van der Waals surface area contributed by atoms with Crippen LogP contribution in [0.3, 0.4) is 0 Å². The SMILES string of the molecule is Nc1cc(Cl)c(N=C2NCCN2)c(Cl)c1.O=C(O)C(F)(F)F.O=C(O)C(F)(F)F. The second-order valence-corrected chi connectivity index (χ2v) is 5.57. The number of aliphatic carboxylic acids is 2. The third kappa shape index (κ3) is 10.5. The first-order valence-electron chi connectivity index (χ1n) is 6.97. The van der Waals surface area contributed by atoms with Gasteiger partial charge >= 0.3 is 24.3 Å². The molecule has 1 saturated heterocycles. The average Bonchev–Trinajstić information content (AvgIpc) is 3.03. The molecule has 0 spiro atoms. The first-order chi connectivity index (χ1) is 13.1. The van der Waals surface area contributed by atoms with Gasteiger partial charge < -0.3 is 26.6 Å². The van der Waals surface area contributed by atoms with Crippen molar-refractivity contribution in [2.75, 3.05) is 18.8 Å². The number of carboxylic acids is 2. The molecule has 0 bridgehead atoms. The molecule has 0 atom stereocenters. The Balaban J connectivity index is 0.000000473. The van der Waals surface area contributed by atoms with Crippen LogP contribution < -0.4 is 16.4 Å². The molecule has 6 N–H and O–H groups in total. The van der Waals surface area contributed by atoms with Crippen molar-refractivity contribution in [1.29, 1.82) is 0 Å². The summed E-state index contributed by atoms with van der Waals surface area (Å²) in [4.78, 5) is 22.1. The number of nitrogens with two attached hydrogens (primary N) is 1. The van der Waals surface area contributed by atoms with Crippen molar-refractivity contribution in [2.45, 2.75) is 12.4 Å². The maximum absolute atomic E-state index is 10.6. The Labute approximate surface area is 168 Å². The molecule has 29 heavy (non-hydrogen) atoms. The van der Waals surface area contributed by atoms with E-state index in [1.54, 1.807) is 12.1 Å². The van der Waals surface area contributed by atoms with Crippen molar-refractivity contribution in [1.82, 2.24) is 10.6 Å². The van der Waals surface area contributed by atoms with E-state index in [0.29, 0.717) is 27.4 Å². The zero-order valence-corrected chi connectivity index (χ0v) is 15.3. The van der Waals surface area contributed by atoms with E-state index < -0.39 is 24.3 Å². The quantitative estimate of drug-likeness (QED) is 0.313. The van der Waals surface area contributed by atoms with Crippen molar-refractivity contribution >= 4 is 52.5 Å². The molecule has 1 aliphatic rings. The number of anilines is 1. The van der Waals surface area contributed by atoms with Gasteiger partial charge in [0.25, 0.3) is 0 Å². The Morgan fingerprint density at radius 2 is 1.24 bits per heavy atom. The Bertz CT molecular complexity index is 716. The van der Waals surface area contributed by atoms with Gasteiger partial charge in [-0.3, -0.25) is 0 Å². The minimum absolute atomic E-state index is 0.447. The molecule has 1 aromatic rings. The topological polar surface area (TPSA) is 137 Å². The van der Waals surface area contributed by atoms with E-state index in [2.05, 4.69) is 15.6 Å². The maximum Gasteiger partial charge on any atom is 0.490 e. The van der Waals surface area contributed by atoms with Crippen LogP contribution in [0.1, 0.15) is 0 Å². The third-order valence-corrected chi connectivity index (χ3v) is 3.03. The Morgan fingerprint density at radius 1 is 0.931 bits per heavy atom. The molecule has 0 unspecified atom stereocenters. The molecule has 2 rings (SSSR count). The second-order valence-electron chi connectivity index (χ2n) is 4.75. The molecule has 0 saturated carbocycles. The molecular formula is C13H12Cl2F6N4O4. The lowest BCUT2D eigenvalue weighted by Gasteiger charge is -2.05. The van der Waals surface area contributed by atoms with Crippen molar-refractivity contribution < 1.29 is 46.1 Å². The first kappa shape index (κ1) is 26.4. The van der Waals surface area contributed by atoms with Gasteiger partial charge in [0.2, 0.25) is 0 Å². The number of nitrogens with one attached hydrogen (secondary N) is 2. The van der Waals surface area contributed by atoms with E-state index in [4.69, 9.17) is 48.7 Å². The van der Waals surface area contributed by atoms with Crippen molar-refractivity contribution in [3.05, 3.63) is 22.2 Å². The summed E-state index contributed by atoms with van der Waals surface area (Å²) in [5.41, 5.74) is 6.65. The normalized spacial score (nSPS) is 13.0. The van der Waals surface area contributed by atoms with Gasteiger partial charge in [0, 0.05) is 18.8 Å². The van der Waals surface area contributed by atoms with Crippen LogP contribution in [-0.4, -0.2) is 53.6 Å². The maximum atomic E-state index is 10.6. The van der Waals surface area contributed by atoms with Gasteiger partial charge in [-0.15, -0.1) is 0 Å². The number of hydrogen-bond acceptors (Lipinski definition) is 4. The zero-order valence-electron chi connectivity index (χ0n) is 13.8. The molecular weight excluding hydrogens is 461 g/mol. The summed E-state index contributed by atoms with van der Waals surface area (Å²) < 4.78 is 63.5. The molecule has 1 fully saturated rings. The summed E-state index contributed by atoms with van der Waals surface area (Å²) >= 11 is 12.0. The number of hydrogen-bond donors (Lipinski definition) is 5. The van der Waals surface area contributed by atoms with Gasteiger partial charge in [-0.05, 0) is 12.1 Å². The van der Waals surface area contributed by atoms with Gasteiger partial charge in [0.1, 0.15) is 5.69 Å². The van der Waals surface area contributed by atoms with E-state index in [-0.39, 0.29) is 0 Å². The summed E-state index contributed by atoms with van der Waals surface area (Å²) in [5, 5.41) is 21.3. The number of carboxylic acid groups (broad SMARTS) is 2. The van der Waals surface area contributed by atoms with Crippen LogP contribution in [0.25, 0.3) is 0 Å². The number of nitrogen functional groups attached to an aromatic ring is 1. The fourth-order valence-corrected chi connectivity index (χ4v) is 1.90. The minimum atomic E-state index is -5.08. The van der Waals surface area contributed by atoms with Crippen LogP contribution in [0.15, 0.2) is 17.1 Å². The van der Waals surface area contributed by atoms with Crippen LogP contribution in [0.5, 0.6) is 0 Å². The van der Waals surface area contributed by atoms with Crippen LogP contribution in [0, 0.1) is 0 Å². The number of alkyl halides is 6. The second kappa shape index (κ2) is 10.8. The fraction of sp³-hybridized carbons (Fsp3) is 0.308. The molecule has 8 nitrogen and oxygen atoms in total. The smallest absolute Gasteiger partial charge is 0.475 e. The molecule has 0 radical (unpaired) electrons. The number of nitrogens with zero attached hydrogens (tertiary/aromatic N) is 1. The third-order valence-electron chi connectivity index (χ3n) is 2.46. The standard InChI is InChI=1S/C9H10Cl2N4.2C2HF3O2/c10-6-3-5(12)4-7(11)8(6)15-9-13-1-2-14-9;2*3-2(4,5)1(6)7/h3-4H,1-2,12H2,(H2,13,14,15);2*(H,6,7). The van der Waals surface area contributed by atoms with E-state index in [1.807, 2.05) is 0 Å². The number of aliphatic imine (C=N–C) groups is 1. The van der Waals surface area contributed by atoms with Gasteiger partial charge in [0.15, 0.2) is 5.96 Å². The fourth-order valence-electron chi connectivity index (χ4n) is 1.31. The largest absolute Gasteiger partial charge is 0.490 e. The number of benzene rings is 1. The summed E-state index contributed by atoms with van der Waals surface area (Å²) in [5.74, 6) is -4.83. The van der Waals surface area contributed by atoms with Crippen LogP contribution in [-0.2, 0) is 9.59 Å². The summed E-state index contributed by atoms with van der Waals surface area (Å²) in [6.07, 6.45) is -10.2.